The van der Waals surface area contributed by atoms with Gasteiger partial charge < -0.3 is 0 Å². The van der Waals surface area contributed by atoms with Crippen molar-refractivity contribution in [3.8, 4) is 5.69 Å². The van der Waals surface area contributed by atoms with Gasteiger partial charge in [0.2, 0.25) is 0 Å². The van der Waals surface area contributed by atoms with Gasteiger partial charge in [0.1, 0.15) is 0 Å². The number of nitrogens with zero attached hydrogens (tertiary/aromatic N) is 2. The Labute approximate surface area is 84.2 Å². The Morgan fingerprint density at radius 2 is 2.00 bits per heavy atom. The fraction of sp³-hybridized carbons (Fsp3) is 0.250. The molecule has 2 heteroatoms. The second kappa shape index (κ2) is 3.66. The summed E-state index contributed by atoms with van der Waals surface area (Å²) in [6, 6.07) is 10.4. The Hall–Kier alpha value is -1.57. The summed E-state index contributed by atoms with van der Waals surface area (Å²) in [5, 5.41) is 4.31. The van der Waals surface area contributed by atoms with Crippen molar-refractivity contribution < 1.29 is 0 Å². The van der Waals surface area contributed by atoms with Gasteiger partial charge in [0.05, 0.1) is 5.69 Å². The molecule has 0 aliphatic rings. The van der Waals surface area contributed by atoms with Crippen molar-refractivity contribution >= 4 is 0 Å². The van der Waals surface area contributed by atoms with E-state index in [1.54, 1.807) is 0 Å². The highest BCUT2D eigenvalue weighted by Crippen LogP contribution is 2.15. The van der Waals surface area contributed by atoms with E-state index in [1.165, 1.54) is 16.9 Å². The van der Waals surface area contributed by atoms with Crippen LogP contribution in [0, 0.1) is 6.92 Å². The number of hydrogen-bond acceptors (Lipinski definition) is 1. The number of hydrogen-bond donors (Lipinski definition) is 0. The lowest BCUT2D eigenvalue weighted by Gasteiger charge is -2.08. The van der Waals surface area contributed by atoms with Gasteiger partial charge in [-0.2, -0.15) is 5.10 Å². The molecule has 0 bridgehead atoms. The van der Waals surface area contributed by atoms with E-state index in [0.29, 0.717) is 0 Å². The molecular weight excluding hydrogens is 172 g/mol. The van der Waals surface area contributed by atoms with Crippen LogP contribution in [0.25, 0.3) is 5.69 Å². The lowest BCUT2D eigenvalue weighted by molar-refractivity contribution is 0.832. The molecule has 0 aliphatic heterocycles. The van der Waals surface area contributed by atoms with Crippen LogP contribution >= 0.6 is 0 Å². The molecule has 0 radical (unpaired) electrons. The average molecular weight is 186 g/mol. The zero-order chi connectivity index (χ0) is 9.97. The van der Waals surface area contributed by atoms with E-state index in [9.17, 15) is 0 Å². The molecule has 1 aromatic carbocycles. The topological polar surface area (TPSA) is 17.8 Å². The van der Waals surface area contributed by atoms with Crippen LogP contribution in [-0.2, 0) is 6.42 Å². The molecule has 2 rings (SSSR count). The second-order valence-electron chi connectivity index (χ2n) is 3.37. The minimum absolute atomic E-state index is 1.04. The molecule has 2 aromatic rings. The summed E-state index contributed by atoms with van der Waals surface area (Å²) in [5.74, 6) is 0. The van der Waals surface area contributed by atoms with Gasteiger partial charge in [0.15, 0.2) is 0 Å². The van der Waals surface area contributed by atoms with Crippen molar-refractivity contribution in [2.24, 2.45) is 0 Å². The Morgan fingerprint density at radius 1 is 1.21 bits per heavy atom. The maximum Gasteiger partial charge on any atom is 0.0680 e. The molecule has 72 valence electrons. The first kappa shape index (κ1) is 9.00. The van der Waals surface area contributed by atoms with Gasteiger partial charge in [0, 0.05) is 11.9 Å². The van der Waals surface area contributed by atoms with Crippen LogP contribution < -0.4 is 0 Å². The lowest BCUT2D eigenvalue weighted by atomic mass is 10.1. The molecule has 14 heavy (non-hydrogen) atoms. The molecule has 0 saturated heterocycles. The summed E-state index contributed by atoms with van der Waals surface area (Å²) in [5.41, 5.74) is 3.70. The van der Waals surface area contributed by atoms with E-state index < -0.39 is 0 Å². The molecule has 0 aliphatic carbocycles. The minimum atomic E-state index is 1.04. The van der Waals surface area contributed by atoms with Crippen LogP contribution in [0.4, 0.5) is 0 Å². The second-order valence-corrected chi connectivity index (χ2v) is 3.37. The molecule has 2 nitrogen and oxygen atoms in total. The predicted octanol–water partition coefficient (Wildman–Crippen LogP) is 2.74. The van der Waals surface area contributed by atoms with Gasteiger partial charge in [-0.25, -0.2) is 4.68 Å². The Morgan fingerprint density at radius 3 is 2.64 bits per heavy atom. The minimum Gasteiger partial charge on any atom is -0.238 e. The van der Waals surface area contributed by atoms with Gasteiger partial charge in [-0.15, -0.1) is 0 Å². The number of rotatable bonds is 2. The Bertz CT molecular complexity index is 429. The van der Waals surface area contributed by atoms with E-state index in [-0.39, 0.29) is 0 Å². The fourth-order valence-electron chi connectivity index (χ4n) is 1.64. The van der Waals surface area contributed by atoms with Gasteiger partial charge in [0.25, 0.3) is 0 Å². The van der Waals surface area contributed by atoms with Crippen LogP contribution in [0.5, 0.6) is 0 Å². The fourth-order valence-corrected chi connectivity index (χ4v) is 1.64. The first-order valence-corrected chi connectivity index (χ1v) is 4.92. The van der Waals surface area contributed by atoms with Gasteiger partial charge in [-0.3, -0.25) is 0 Å². The van der Waals surface area contributed by atoms with Crippen molar-refractivity contribution in [2.75, 3.05) is 0 Å². The number of para-hydroxylation sites is 1. The Kier molecular flexibility index (Phi) is 2.35. The summed E-state index contributed by atoms with van der Waals surface area (Å²) in [7, 11) is 0. The normalized spacial score (nSPS) is 10.4. The molecule has 1 heterocycles. The average Bonchev–Trinajstić information content (AvgIpc) is 2.64. The number of aryl methyl sites for hydroxylation is 2. The van der Waals surface area contributed by atoms with E-state index in [2.05, 4.69) is 43.2 Å². The molecular formula is C12H14N2. The number of benzene rings is 1. The third-order valence-corrected chi connectivity index (χ3v) is 2.43. The molecule has 1 aromatic heterocycles. The molecule has 0 saturated carbocycles. The summed E-state index contributed by atoms with van der Waals surface area (Å²) in [4.78, 5) is 0. The smallest absolute Gasteiger partial charge is 0.0680 e. The standard InChI is InChI=1S/C12H14N2/c1-3-11-6-4-5-7-12(11)14-10(2)8-9-13-14/h4-9H,3H2,1-2H3. The molecule has 0 fully saturated rings. The quantitative estimate of drug-likeness (QED) is 0.705. The molecule has 0 unspecified atom stereocenters. The van der Waals surface area contributed by atoms with Crippen molar-refractivity contribution in [2.45, 2.75) is 20.3 Å². The van der Waals surface area contributed by atoms with Gasteiger partial charge in [-0.05, 0) is 31.0 Å². The highest BCUT2D eigenvalue weighted by molar-refractivity contribution is 5.41. The summed E-state index contributed by atoms with van der Waals surface area (Å²) >= 11 is 0. The highest BCUT2D eigenvalue weighted by Gasteiger charge is 2.04. The van der Waals surface area contributed by atoms with E-state index >= 15 is 0 Å². The highest BCUT2D eigenvalue weighted by atomic mass is 15.3. The molecule has 0 spiro atoms. The third kappa shape index (κ3) is 1.43. The van der Waals surface area contributed by atoms with Crippen molar-refractivity contribution in [3.05, 3.63) is 47.8 Å². The lowest BCUT2D eigenvalue weighted by Crippen LogP contribution is -2.02. The summed E-state index contributed by atoms with van der Waals surface area (Å²) < 4.78 is 1.98. The first-order chi connectivity index (χ1) is 6.83. The predicted molar refractivity (Wildman–Crippen MR) is 57.7 cm³/mol. The van der Waals surface area contributed by atoms with Crippen molar-refractivity contribution in [3.63, 3.8) is 0 Å². The van der Waals surface area contributed by atoms with E-state index in [4.69, 9.17) is 0 Å². The van der Waals surface area contributed by atoms with Crippen LogP contribution in [0.1, 0.15) is 18.2 Å². The summed E-state index contributed by atoms with van der Waals surface area (Å²) in [6.45, 7) is 4.23. The molecule has 0 atom stereocenters. The monoisotopic (exact) mass is 186 g/mol. The maximum atomic E-state index is 4.31. The van der Waals surface area contributed by atoms with Crippen molar-refractivity contribution in [1.29, 1.82) is 0 Å². The van der Waals surface area contributed by atoms with Gasteiger partial charge >= 0.3 is 0 Å². The van der Waals surface area contributed by atoms with Crippen LogP contribution in [-0.4, -0.2) is 9.78 Å². The molecule has 0 N–H and O–H groups in total. The van der Waals surface area contributed by atoms with Crippen LogP contribution in [0.3, 0.4) is 0 Å². The van der Waals surface area contributed by atoms with Crippen LogP contribution in [0.15, 0.2) is 36.5 Å². The summed E-state index contributed by atoms with van der Waals surface area (Å²) in [6.07, 6.45) is 2.87. The van der Waals surface area contributed by atoms with Crippen LogP contribution in [0.2, 0.25) is 0 Å². The van der Waals surface area contributed by atoms with E-state index in [0.717, 1.165) is 6.42 Å². The Balaban J connectivity index is 2.56. The number of aromatic nitrogens is 2. The van der Waals surface area contributed by atoms with Crippen molar-refractivity contribution in [1.82, 2.24) is 9.78 Å². The maximum absolute atomic E-state index is 4.31. The zero-order valence-corrected chi connectivity index (χ0v) is 8.57. The zero-order valence-electron chi connectivity index (χ0n) is 8.57. The first-order valence-electron chi connectivity index (χ1n) is 4.92. The SMILES string of the molecule is CCc1ccccc1-n1nccc1C. The molecule has 0 amide bonds. The third-order valence-electron chi connectivity index (χ3n) is 2.43. The van der Waals surface area contributed by atoms with E-state index in [1.807, 2.05) is 16.9 Å². The largest absolute Gasteiger partial charge is 0.238 e. The van der Waals surface area contributed by atoms with Gasteiger partial charge in [-0.1, -0.05) is 25.1 Å².